The van der Waals surface area contributed by atoms with Crippen molar-refractivity contribution in [2.24, 2.45) is 0 Å². The largest absolute Gasteiger partial charge is 0.489 e. The van der Waals surface area contributed by atoms with E-state index in [4.69, 9.17) is 4.74 Å². The number of carbonyl (C=O) groups is 1. The molecule has 138 valence electrons. The fourth-order valence-electron chi connectivity index (χ4n) is 2.48. The van der Waals surface area contributed by atoms with Crippen LogP contribution in [-0.4, -0.2) is 22.0 Å². The van der Waals surface area contributed by atoms with Crippen LogP contribution in [0.15, 0.2) is 67.0 Å². The smallest absolute Gasteiger partial charge is 0.270 e. The first-order valence-corrected chi connectivity index (χ1v) is 8.78. The van der Waals surface area contributed by atoms with Crippen LogP contribution in [0, 0.1) is 0 Å². The molecule has 0 atom stereocenters. The fraction of sp³-hybridized carbons (Fsp3) is 0.190. The van der Waals surface area contributed by atoms with Gasteiger partial charge in [0.25, 0.3) is 5.91 Å². The molecule has 0 aliphatic heterocycles. The Hall–Kier alpha value is -3.41. The standard InChI is InChI=1S/C21H22N4O2/c1-15(2)27-19-11-7-6-10-17(19)25-20-12-18(23-14-24-20)21(26)22-13-16-8-4-3-5-9-16/h3-12,14-15H,13H2,1-2H3,(H,22,26)(H,23,24,25). The van der Waals surface area contributed by atoms with Gasteiger partial charge in [0.1, 0.15) is 23.6 Å². The topological polar surface area (TPSA) is 76.1 Å². The Labute approximate surface area is 158 Å². The summed E-state index contributed by atoms with van der Waals surface area (Å²) in [5.41, 5.74) is 2.10. The monoisotopic (exact) mass is 362 g/mol. The van der Waals surface area contributed by atoms with E-state index >= 15 is 0 Å². The molecule has 6 nitrogen and oxygen atoms in total. The Balaban J connectivity index is 1.69. The number of amides is 1. The minimum atomic E-state index is -0.254. The van der Waals surface area contributed by atoms with Crippen LogP contribution in [0.2, 0.25) is 0 Å². The maximum atomic E-state index is 12.4. The van der Waals surface area contributed by atoms with Crippen LogP contribution in [-0.2, 0) is 6.54 Å². The molecule has 0 fully saturated rings. The van der Waals surface area contributed by atoms with Gasteiger partial charge in [-0.25, -0.2) is 9.97 Å². The molecule has 1 amide bonds. The minimum absolute atomic E-state index is 0.0534. The van der Waals surface area contributed by atoms with E-state index in [1.165, 1.54) is 6.33 Å². The third kappa shape index (κ3) is 5.28. The normalized spacial score (nSPS) is 10.5. The predicted molar refractivity (Wildman–Crippen MR) is 105 cm³/mol. The number of nitrogens with zero attached hydrogens (tertiary/aromatic N) is 2. The van der Waals surface area contributed by atoms with Gasteiger partial charge >= 0.3 is 0 Å². The molecule has 2 aromatic carbocycles. The number of aromatic nitrogens is 2. The Morgan fingerprint density at radius 3 is 2.56 bits per heavy atom. The SMILES string of the molecule is CC(C)Oc1ccccc1Nc1cc(C(=O)NCc2ccccc2)ncn1. The van der Waals surface area contributed by atoms with Crippen LogP contribution in [0.4, 0.5) is 11.5 Å². The van der Waals surface area contributed by atoms with Gasteiger partial charge < -0.3 is 15.4 Å². The van der Waals surface area contributed by atoms with Crippen molar-refractivity contribution in [3.05, 3.63) is 78.2 Å². The van der Waals surface area contributed by atoms with E-state index in [1.807, 2.05) is 68.4 Å². The van der Waals surface area contributed by atoms with Gasteiger partial charge in [0.2, 0.25) is 0 Å². The number of nitrogens with one attached hydrogen (secondary N) is 2. The maximum Gasteiger partial charge on any atom is 0.270 e. The zero-order valence-corrected chi connectivity index (χ0v) is 15.3. The second-order valence-electron chi connectivity index (χ2n) is 6.24. The van der Waals surface area contributed by atoms with Gasteiger partial charge in [-0.05, 0) is 31.5 Å². The predicted octanol–water partition coefficient (Wildman–Crippen LogP) is 3.94. The van der Waals surface area contributed by atoms with Crippen molar-refractivity contribution in [1.82, 2.24) is 15.3 Å². The van der Waals surface area contributed by atoms with Gasteiger partial charge in [0, 0.05) is 12.6 Å². The molecule has 1 heterocycles. The van der Waals surface area contributed by atoms with Crippen molar-refractivity contribution in [3.63, 3.8) is 0 Å². The molecular formula is C21H22N4O2. The molecule has 27 heavy (non-hydrogen) atoms. The third-order valence-electron chi connectivity index (χ3n) is 3.71. The number of ether oxygens (including phenoxy) is 1. The highest BCUT2D eigenvalue weighted by atomic mass is 16.5. The lowest BCUT2D eigenvalue weighted by Crippen LogP contribution is -2.24. The Kier molecular flexibility index (Phi) is 5.99. The molecule has 0 unspecified atom stereocenters. The summed E-state index contributed by atoms with van der Waals surface area (Å²) < 4.78 is 5.80. The van der Waals surface area contributed by atoms with E-state index < -0.39 is 0 Å². The fourth-order valence-corrected chi connectivity index (χ4v) is 2.48. The van der Waals surface area contributed by atoms with E-state index in [1.54, 1.807) is 6.07 Å². The minimum Gasteiger partial charge on any atom is -0.489 e. The van der Waals surface area contributed by atoms with Crippen LogP contribution < -0.4 is 15.4 Å². The molecule has 0 radical (unpaired) electrons. The highest BCUT2D eigenvalue weighted by molar-refractivity contribution is 5.93. The lowest BCUT2D eigenvalue weighted by molar-refractivity contribution is 0.0946. The second kappa shape index (κ2) is 8.80. The third-order valence-corrected chi connectivity index (χ3v) is 3.71. The lowest BCUT2D eigenvalue weighted by atomic mass is 10.2. The average Bonchev–Trinajstić information content (AvgIpc) is 2.68. The van der Waals surface area contributed by atoms with Gasteiger partial charge in [-0.2, -0.15) is 0 Å². The summed E-state index contributed by atoms with van der Waals surface area (Å²) in [6.07, 6.45) is 1.42. The summed E-state index contributed by atoms with van der Waals surface area (Å²) in [6, 6.07) is 18.9. The zero-order chi connectivity index (χ0) is 19.1. The van der Waals surface area contributed by atoms with Crippen molar-refractivity contribution in [1.29, 1.82) is 0 Å². The number of para-hydroxylation sites is 2. The Morgan fingerprint density at radius 2 is 1.78 bits per heavy atom. The number of carbonyl (C=O) groups excluding carboxylic acids is 1. The molecule has 0 spiro atoms. The molecular weight excluding hydrogens is 340 g/mol. The number of benzene rings is 2. The molecule has 3 rings (SSSR count). The van der Waals surface area contributed by atoms with Gasteiger partial charge in [-0.1, -0.05) is 42.5 Å². The summed E-state index contributed by atoms with van der Waals surface area (Å²) in [5.74, 6) is 0.992. The zero-order valence-electron chi connectivity index (χ0n) is 15.3. The van der Waals surface area contributed by atoms with Gasteiger partial charge in [-0.3, -0.25) is 4.79 Å². The number of rotatable bonds is 7. The maximum absolute atomic E-state index is 12.4. The lowest BCUT2D eigenvalue weighted by Gasteiger charge is -2.15. The van der Waals surface area contributed by atoms with Crippen LogP contribution in [0.1, 0.15) is 29.9 Å². The van der Waals surface area contributed by atoms with Crippen LogP contribution >= 0.6 is 0 Å². The van der Waals surface area contributed by atoms with E-state index in [2.05, 4.69) is 20.6 Å². The van der Waals surface area contributed by atoms with Crippen molar-refractivity contribution >= 4 is 17.4 Å². The van der Waals surface area contributed by atoms with Crippen molar-refractivity contribution in [3.8, 4) is 5.75 Å². The average molecular weight is 362 g/mol. The summed E-state index contributed by atoms with van der Waals surface area (Å²) in [5, 5.41) is 6.05. The quantitative estimate of drug-likeness (QED) is 0.666. The van der Waals surface area contributed by atoms with Gasteiger partial charge in [0.15, 0.2) is 0 Å². The molecule has 1 aromatic heterocycles. The van der Waals surface area contributed by atoms with E-state index in [0.717, 1.165) is 17.0 Å². The van der Waals surface area contributed by atoms with Gasteiger partial charge in [-0.15, -0.1) is 0 Å². The van der Waals surface area contributed by atoms with Crippen molar-refractivity contribution < 1.29 is 9.53 Å². The molecule has 0 aliphatic carbocycles. The summed E-state index contributed by atoms with van der Waals surface area (Å²) >= 11 is 0. The Morgan fingerprint density at radius 1 is 1.04 bits per heavy atom. The highest BCUT2D eigenvalue weighted by Gasteiger charge is 2.10. The molecule has 0 bridgehead atoms. The molecule has 2 N–H and O–H groups in total. The van der Waals surface area contributed by atoms with Gasteiger partial charge in [0.05, 0.1) is 11.8 Å². The number of anilines is 2. The Bertz CT molecular complexity index is 897. The van der Waals surface area contributed by atoms with Crippen LogP contribution in [0.25, 0.3) is 0 Å². The first-order valence-electron chi connectivity index (χ1n) is 8.78. The summed E-state index contributed by atoms with van der Waals surface area (Å²) in [6.45, 7) is 4.38. The van der Waals surface area contributed by atoms with E-state index in [9.17, 15) is 4.79 Å². The summed E-state index contributed by atoms with van der Waals surface area (Å²) in [4.78, 5) is 20.6. The highest BCUT2D eigenvalue weighted by Crippen LogP contribution is 2.27. The molecule has 0 saturated heterocycles. The molecule has 0 saturated carbocycles. The van der Waals surface area contributed by atoms with Crippen LogP contribution in [0.5, 0.6) is 5.75 Å². The van der Waals surface area contributed by atoms with E-state index in [0.29, 0.717) is 18.1 Å². The molecule has 3 aromatic rings. The first-order chi connectivity index (χ1) is 13.1. The number of hydrogen-bond acceptors (Lipinski definition) is 5. The summed E-state index contributed by atoms with van der Waals surface area (Å²) in [7, 11) is 0. The second-order valence-corrected chi connectivity index (χ2v) is 6.24. The van der Waals surface area contributed by atoms with Crippen LogP contribution in [0.3, 0.4) is 0 Å². The van der Waals surface area contributed by atoms with Crippen molar-refractivity contribution in [2.45, 2.75) is 26.5 Å². The number of hydrogen-bond donors (Lipinski definition) is 2. The van der Waals surface area contributed by atoms with Crippen molar-refractivity contribution in [2.75, 3.05) is 5.32 Å². The molecule has 0 aliphatic rings. The molecule has 6 heteroatoms. The first kappa shape index (κ1) is 18.4. The van der Waals surface area contributed by atoms with E-state index in [-0.39, 0.29) is 12.0 Å².